The molecule has 0 atom stereocenters. The standard InChI is InChI=1S/C13H10Br2N2OS/c14-9-4-5-11(10(15)7-9)17-12(18)8-19-13-3-1-2-6-16-13/h1-7H,8H2,(H,17,18). The Bertz CT molecular complexity index is 578. The fourth-order valence-corrected chi connectivity index (χ4v) is 3.16. The topological polar surface area (TPSA) is 42.0 Å². The number of benzene rings is 1. The van der Waals surface area contributed by atoms with Gasteiger partial charge in [-0.2, -0.15) is 0 Å². The molecule has 0 radical (unpaired) electrons. The molecule has 1 aromatic carbocycles. The molecule has 0 bridgehead atoms. The van der Waals surface area contributed by atoms with E-state index in [1.165, 1.54) is 11.8 Å². The van der Waals surface area contributed by atoms with Crippen molar-refractivity contribution in [1.29, 1.82) is 0 Å². The summed E-state index contributed by atoms with van der Waals surface area (Å²) in [5.74, 6) is 0.276. The highest BCUT2D eigenvalue weighted by atomic mass is 79.9. The molecule has 19 heavy (non-hydrogen) atoms. The van der Waals surface area contributed by atoms with Crippen LogP contribution in [0.2, 0.25) is 0 Å². The van der Waals surface area contributed by atoms with Gasteiger partial charge in [0.05, 0.1) is 16.5 Å². The largest absolute Gasteiger partial charge is 0.324 e. The van der Waals surface area contributed by atoms with Gasteiger partial charge >= 0.3 is 0 Å². The molecule has 1 N–H and O–H groups in total. The van der Waals surface area contributed by atoms with Crippen LogP contribution in [0.4, 0.5) is 5.69 Å². The number of amides is 1. The molecule has 0 saturated carbocycles. The summed E-state index contributed by atoms with van der Waals surface area (Å²) in [7, 11) is 0. The number of thioether (sulfide) groups is 1. The lowest BCUT2D eigenvalue weighted by Gasteiger charge is -2.07. The van der Waals surface area contributed by atoms with Gasteiger partial charge in [-0.05, 0) is 46.3 Å². The Hall–Kier alpha value is -0.850. The summed E-state index contributed by atoms with van der Waals surface area (Å²) >= 11 is 8.19. The number of nitrogens with zero attached hydrogens (tertiary/aromatic N) is 1. The SMILES string of the molecule is O=C(CSc1ccccn1)Nc1ccc(Br)cc1Br. The zero-order chi connectivity index (χ0) is 13.7. The first-order valence-electron chi connectivity index (χ1n) is 5.44. The van der Waals surface area contributed by atoms with Crippen LogP contribution >= 0.6 is 43.6 Å². The van der Waals surface area contributed by atoms with Crippen LogP contribution in [-0.2, 0) is 4.79 Å². The van der Waals surface area contributed by atoms with Gasteiger partial charge in [0.2, 0.25) is 5.91 Å². The predicted octanol–water partition coefficient (Wildman–Crippen LogP) is 4.34. The van der Waals surface area contributed by atoms with Crippen molar-refractivity contribution in [3.8, 4) is 0 Å². The van der Waals surface area contributed by atoms with E-state index in [0.717, 1.165) is 19.7 Å². The molecule has 6 heteroatoms. The molecule has 2 rings (SSSR count). The van der Waals surface area contributed by atoms with E-state index < -0.39 is 0 Å². The smallest absolute Gasteiger partial charge is 0.234 e. The highest BCUT2D eigenvalue weighted by Crippen LogP contribution is 2.26. The van der Waals surface area contributed by atoms with Crippen LogP contribution in [0, 0.1) is 0 Å². The lowest BCUT2D eigenvalue weighted by molar-refractivity contribution is -0.113. The Morgan fingerprint density at radius 1 is 1.26 bits per heavy atom. The Labute approximate surface area is 132 Å². The van der Waals surface area contributed by atoms with Gasteiger partial charge in [-0.1, -0.05) is 33.8 Å². The molecule has 2 aromatic rings. The van der Waals surface area contributed by atoms with E-state index in [1.807, 2.05) is 36.4 Å². The second-order valence-corrected chi connectivity index (χ2v) is 6.39. The molecule has 98 valence electrons. The third-order valence-electron chi connectivity index (χ3n) is 2.19. The number of rotatable bonds is 4. The van der Waals surface area contributed by atoms with E-state index in [0.29, 0.717) is 5.75 Å². The van der Waals surface area contributed by atoms with E-state index in [2.05, 4.69) is 42.2 Å². The molecular formula is C13H10Br2N2OS. The monoisotopic (exact) mass is 400 g/mol. The molecule has 0 unspecified atom stereocenters. The molecule has 3 nitrogen and oxygen atoms in total. The van der Waals surface area contributed by atoms with E-state index in [-0.39, 0.29) is 5.91 Å². The molecule has 0 saturated heterocycles. The zero-order valence-electron chi connectivity index (χ0n) is 9.77. The molecular weight excluding hydrogens is 392 g/mol. The minimum absolute atomic E-state index is 0.0568. The lowest BCUT2D eigenvalue weighted by Crippen LogP contribution is -2.14. The number of anilines is 1. The highest BCUT2D eigenvalue weighted by Gasteiger charge is 2.07. The minimum atomic E-state index is -0.0568. The summed E-state index contributed by atoms with van der Waals surface area (Å²) in [4.78, 5) is 16.0. The van der Waals surface area contributed by atoms with Gasteiger partial charge in [0.25, 0.3) is 0 Å². The average molecular weight is 402 g/mol. The van der Waals surface area contributed by atoms with Crippen LogP contribution in [0.3, 0.4) is 0 Å². The Morgan fingerprint density at radius 3 is 2.79 bits per heavy atom. The van der Waals surface area contributed by atoms with Crippen molar-refractivity contribution in [3.05, 3.63) is 51.5 Å². The number of carbonyl (C=O) groups is 1. The Morgan fingerprint density at radius 2 is 2.11 bits per heavy atom. The van der Waals surface area contributed by atoms with E-state index in [9.17, 15) is 4.79 Å². The quantitative estimate of drug-likeness (QED) is 0.775. The Kier molecular flexibility index (Phi) is 5.42. The number of pyridine rings is 1. The maximum absolute atomic E-state index is 11.8. The van der Waals surface area contributed by atoms with Crippen molar-refractivity contribution < 1.29 is 4.79 Å². The number of hydrogen-bond acceptors (Lipinski definition) is 3. The van der Waals surface area contributed by atoms with Gasteiger partial charge < -0.3 is 5.32 Å². The third-order valence-corrected chi connectivity index (χ3v) is 4.29. The van der Waals surface area contributed by atoms with Crippen LogP contribution < -0.4 is 5.32 Å². The maximum atomic E-state index is 11.8. The van der Waals surface area contributed by atoms with Crippen molar-refractivity contribution in [1.82, 2.24) is 4.98 Å². The van der Waals surface area contributed by atoms with Crippen molar-refractivity contribution in [3.63, 3.8) is 0 Å². The molecule has 1 heterocycles. The van der Waals surface area contributed by atoms with Gasteiger partial charge in [-0.3, -0.25) is 4.79 Å². The predicted molar refractivity (Wildman–Crippen MR) is 85.4 cm³/mol. The average Bonchev–Trinajstić information content (AvgIpc) is 2.41. The summed E-state index contributed by atoms with van der Waals surface area (Å²) in [6.45, 7) is 0. The molecule has 0 aliphatic heterocycles. The summed E-state index contributed by atoms with van der Waals surface area (Å²) in [6, 6.07) is 11.3. The van der Waals surface area contributed by atoms with Gasteiger partial charge in [0.15, 0.2) is 0 Å². The number of aromatic nitrogens is 1. The van der Waals surface area contributed by atoms with Crippen molar-refractivity contribution in [2.45, 2.75) is 5.03 Å². The summed E-state index contributed by atoms with van der Waals surface area (Å²) in [6.07, 6.45) is 1.71. The lowest BCUT2D eigenvalue weighted by atomic mass is 10.3. The van der Waals surface area contributed by atoms with Gasteiger partial charge in [-0.15, -0.1) is 0 Å². The third kappa shape index (κ3) is 4.63. The second-order valence-electron chi connectivity index (χ2n) is 3.63. The second kappa shape index (κ2) is 7.07. The number of hydrogen-bond donors (Lipinski definition) is 1. The van der Waals surface area contributed by atoms with Gasteiger partial charge in [-0.25, -0.2) is 4.98 Å². The van der Waals surface area contributed by atoms with Crippen molar-refractivity contribution >= 4 is 55.2 Å². The first-order chi connectivity index (χ1) is 9.15. The zero-order valence-corrected chi connectivity index (χ0v) is 13.8. The maximum Gasteiger partial charge on any atom is 0.234 e. The van der Waals surface area contributed by atoms with Crippen LogP contribution in [-0.4, -0.2) is 16.6 Å². The van der Waals surface area contributed by atoms with Crippen LogP contribution in [0.1, 0.15) is 0 Å². The van der Waals surface area contributed by atoms with E-state index in [4.69, 9.17) is 0 Å². The highest BCUT2D eigenvalue weighted by molar-refractivity contribution is 9.11. The molecule has 0 fully saturated rings. The van der Waals surface area contributed by atoms with Gasteiger partial charge in [0.1, 0.15) is 0 Å². The minimum Gasteiger partial charge on any atom is -0.324 e. The molecule has 1 aromatic heterocycles. The number of carbonyl (C=O) groups excluding carboxylic acids is 1. The summed E-state index contributed by atoms with van der Waals surface area (Å²) < 4.78 is 1.80. The van der Waals surface area contributed by atoms with Crippen LogP contribution in [0.25, 0.3) is 0 Å². The van der Waals surface area contributed by atoms with E-state index >= 15 is 0 Å². The number of nitrogens with one attached hydrogen (secondary N) is 1. The van der Waals surface area contributed by atoms with Crippen molar-refractivity contribution in [2.24, 2.45) is 0 Å². The molecule has 0 spiro atoms. The Balaban J connectivity index is 1.91. The number of halogens is 2. The normalized spacial score (nSPS) is 10.2. The van der Waals surface area contributed by atoms with E-state index in [1.54, 1.807) is 6.20 Å². The fraction of sp³-hybridized carbons (Fsp3) is 0.0769. The summed E-state index contributed by atoms with van der Waals surface area (Å²) in [5, 5.41) is 3.69. The first-order valence-corrected chi connectivity index (χ1v) is 8.01. The molecule has 1 amide bonds. The molecule has 0 aliphatic carbocycles. The first kappa shape index (κ1) is 14.6. The summed E-state index contributed by atoms with van der Waals surface area (Å²) in [5.41, 5.74) is 0.759. The molecule has 0 aliphatic rings. The van der Waals surface area contributed by atoms with Crippen LogP contribution in [0.5, 0.6) is 0 Å². The fourth-order valence-electron chi connectivity index (χ4n) is 1.35. The van der Waals surface area contributed by atoms with Crippen molar-refractivity contribution in [2.75, 3.05) is 11.1 Å². The van der Waals surface area contributed by atoms with Crippen LogP contribution in [0.15, 0.2) is 56.6 Å². The van der Waals surface area contributed by atoms with Gasteiger partial charge in [0, 0.05) is 15.1 Å².